The summed E-state index contributed by atoms with van der Waals surface area (Å²) >= 11 is 2.01. The largest absolute Gasteiger partial charge is 0.505 e. The molecule has 94 valence electrons. The van der Waals surface area contributed by atoms with E-state index in [1.54, 1.807) is 6.07 Å². The predicted molar refractivity (Wildman–Crippen MR) is 69.9 cm³/mol. The van der Waals surface area contributed by atoms with Crippen LogP contribution in [0.2, 0.25) is 0 Å². The van der Waals surface area contributed by atoms with Gasteiger partial charge in [-0.15, -0.1) is 0 Å². The van der Waals surface area contributed by atoms with Gasteiger partial charge in [0.05, 0.1) is 0 Å². The standard InChI is InChI=1S/C13H18FNOS/c1-13(5-2-6-17-13)9-15-8-10-3-4-12(16)11(14)7-10/h3-4,7,15-16H,2,5-6,8-9H2,1H3. The molecule has 1 heterocycles. The van der Waals surface area contributed by atoms with E-state index in [1.165, 1.54) is 30.7 Å². The van der Waals surface area contributed by atoms with Crippen molar-refractivity contribution >= 4 is 11.8 Å². The third-order valence-electron chi connectivity index (χ3n) is 3.14. The molecule has 0 bridgehead atoms. The molecule has 1 fully saturated rings. The van der Waals surface area contributed by atoms with Gasteiger partial charge in [0.2, 0.25) is 0 Å². The summed E-state index contributed by atoms with van der Waals surface area (Å²) in [5.41, 5.74) is 0.867. The minimum Gasteiger partial charge on any atom is -0.505 e. The molecule has 0 saturated carbocycles. The van der Waals surface area contributed by atoms with Gasteiger partial charge >= 0.3 is 0 Å². The summed E-state index contributed by atoms with van der Waals surface area (Å²) in [6.07, 6.45) is 2.53. The lowest BCUT2D eigenvalue weighted by atomic mass is 10.1. The molecular formula is C13H18FNOS. The Kier molecular flexibility index (Phi) is 3.94. The van der Waals surface area contributed by atoms with Crippen molar-refractivity contribution in [2.45, 2.75) is 31.1 Å². The van der Waals surface area contributed by atoms with Crippen molar-refractivity contribution < 1.29 is 9.50 Å². The van der Waals surface area contributed by atoms with Crippen LogP contribution in [0.5, 0.6) is 5.75 Å². The Balaban J connectivity index is 1.83. The third kappa shape index (κ3) is 3.36. The van der Waals surface area contributed by atoms with Crippen molar-refractivity contribution in [3.63, 3.8) is 0 Å². The van der Waals surface area contributed by atoms with E-state index in [4.69, 9.17) is 5.11 Å². The number of nitrogens with one attached hydrogen (secondary N) is 1. The van der Waals surface area contributed by atoms with Crippen LogP contribution >= 0.6 is 11.8 Å². The smallest absolute Gasteiger partial charge is 0.165 e. The summed E-state index contributed by atoms with van der Waals surface area (Å²) in [5, 5.41) is 12.4. The molecule has 1 unspecified atom stereocenters. The molecule has 1 aromatic carbocycles. The molecule has 1 aliphatic heterocycles. The van der Waals surface area contributed by atoms with Gasteiger partial charge in [-0.1, -0.05) is 6.07 Å². The van der Waals surface area contributed by atoms with Crippen LogP contribution in [0.25, 0.3) is 0 Å². The van der Waals surface area contributed by atoms with E-state index in [1.807, 2.05) is 11.8 Å². The van der Waals surface area contributed by atoms with E-state index in [0.717, 1.165) is 12.1 Å². The van der Waals surface area contributed by atoms with Gasteiger partial charge in [-0.3, -0.25) is 0 Å². The maximum Gasteiger partial charge on any atom is 0.165 e. The first-order chi connectivity index (χ1) is 8.09. The van der Waals surface area contributed by atoms with Gasteiger partial charge in [0.25, 0.3) is 0 Å². The molecular weight excluding hydrogens is 237 g/mol. The van der Waals surface area contributed by atoms with Gasteiger partial charge < -0.3 is 10.4 Å². The molecule has 0 amide bonds. The molecule has 2 N–H and O–H groups in total. The van der Waals surface area contributed by atoms with Crippen molar-refractivity contribution in [1.82, 2.24) is 5.32 Å². The maximum absolute atomic E-state index is 13.1. The Morgan fingerprint density at radius 3 is 3.00 bits per heavy atom. The van der Waals surface area contributed by atoms with Gasteiger partial charge in [0.15, 0.2) is 11.6 Å². The molecule has 0 radical (unpaired) electrons. The molecule has 2 nitrogen and oxygen atoms in total. The van der Waals surface area contributed by atoms with Crippen LogP contribution in [0.3, 0.4) is 0 Å². The topological polar surface area (TPSA) is 32.3 Å². The Morgan fingerprint density at radius 1 is 1.53 bits per heavy atom. The van der Waals surface area contributed by atoms with Gasteiger partial charge in [-0.2, -0.15) is 11.8 Å². The molecule has 1 aliphatic rings. The predicted octanol–water partition coefficient (Wildman–Crippen LogP) is 2.91. The van der Waals surface area contributed by atoms with Gasteiger partial charge in [0, 0.05) is 17.8 Å². The average molecular weight is 255 g/mol. The number of benzene rings is 1. The van der Waals surface area contributed by atoms with Gasteiger partial charge in [-0.05, 0) is 43.2 Å². The Bertz CT molecular complexity index is 391. The van der Waals surface area contributed by atoms with Crippen LogP contribution in [-0.4, -0.2) is 22.2 Å². The lowest BCUT2D eigenvalue weighted by molar-refractivity contribution is 0.431. The SMILES string of the molecule is CC1(CNCc2ccc(O)c(F)c2)CCCS1. The number of aromatic hydroxyl groups is 1. The highest BCUT2D eigenvalue weighted by Gasteiger charge is 2.28. The molecule has 0 aliphatic carbocycles. The number of rotatable bonds is 4. The van der Waals surface area contributed by atoms with Gasteiger partial charge in [0.1, 0.15) is 0 Å². The molecule has 1 atom stereocenters. The maximum atomic E-state index is 13.1. The van der Waals surface area contributed by atoms with Crippen molar-refractivity contribution in [2.75, 3.05) is 12.3 Å². The Labute approximate surface area is 106 Å². The quantitative estimate of drug-likeness (QED) is 0.867. The molecule has 1 aromatic rings. The average Bonchev–Trinajstić information content (AvgIpc) is 2.71. The fraction of sp³-hybridized carbons (Fsp3) is 0.538. The summed E-state index contributed by atoms with van der Waals surface area (Å²) in [7, 11) is 0. The fourth-order valence-electron chi connectivity index (χ4n) is 2.11. The van der Waals surface area contributed by atoms with E-state index in [-0.39, 0.29) is 5.75 Å². The van der Waals surface area contributed by atoms with E-state index < -0.39 is 5.82 Å². The normalized spacial score (nSPS) is 24.1. The lowest BCUT2D eigenvalue weighted by Gasteiger charge is -2.23. The highest BCUT2D eigenvalue weighted by atomic mass is 32.2. The molecule has 0 aromatic heterocycles. The fourth-order valence-corrected chi connectivity index (χ4v) is 3.38. The van der Waals surface area contributed by atoms with Crippen LogP contribution in [0.1, 0.15) is 25.3 Å². The molecule has 0 spiro atoms. The number of hydrogen-bond acceptors (Lipinski definition) is 3. The molecule has 1 saturated heterocycles. The second-order valence-electron chi connectivity index (χ2n) is 4.79. The first-order valence-corrected chi connectivity index (χ1v) is 6.90. The molecule has 4 heteroatoms. The first-order valence-electron chi connectivity index (χ1n) is 5.91. The Hall–Kier alpha value is -0.740. The first kappa shape index (κ1) is 12.7. The zero-order chi connectivity index (χ0) is 12.3. The molecule has 2 rings (SSSR count). The monoisotopic (exact) mass is 255 g/mol. The van der Waals surface area contributed by atoms with E-state index >= 15 is 0 Å². The van der Waals surface area contributed by atoms with Crippen LogP contribution < -0.4 is 5.32 Å². The molecule has 17 heavy (non-hydrogen) atoms. The zero-order valence-corrected chi connectivity index (χ0v) is 10.8. The van der Waals surface area contributed by atoms with Crippen LogP contribution in [0.15, 0.2) is 18.2 Å². The summed E-state index contributed by atoms with van der Waals surface area (Å²) in [4.78, 5) is 0. The lowest BCUT2D eigenvalue weighted by Crippen LogP contribution is -2.32. The minimum atomic E-state index is -0.550. The zero-order valence-electron chi connectivity index (χ0n) is 10.0. The van der Waals surface area contributed by atoms with E-state index in [9.17, 15) is 4.39 Å². The van der Waals surface area contributed by atoms with Crippen LogP contribution in [0.4, 0.5) is 4.39 Å². The summed E-state index contributed by atoms with van der Waals surface area (Å²) in [5.74, 6) is 0.407. The van der Waals surface area contributed by atoms with Crippen molar-refractivity contribution in [3.05, 3.63) is 29.6 Å². The van der Waals surface area contributed by atoms with Gasteiger partial charge in [-0.25, -0.2) is 4.39 Å². The van der Waals surface area contributed by atoms with Crippen molar-refractivity contribution in [1.29, 1.82) is 0 Å². The van der Waals surface area contributed by atoms with Crippen LogP contribution in [-0.2, 0) is 6.54 Å². The highest BCUT2D eigenvalue weighted by Crippen LogP contribution is 2.36. The summed E-state index contributed by atoms with van der Waals surface area (Å²) in [6.45, 7) is 3.86. The summed E-state index contributed by atoms with van der Waals surface area (Å²) < 4.78 is 13.4. The van der Waals surface area contributed by atoms with E-state index in [2.05, 4.69) is 12.2 Å². The van der Waals surface area contributed by atoms with E-state index in [0.29, 0.717) is 11.3 Å². The number of thioether (sulfide) groups is 1. The number of phenolic OH excluding ortho intramolecular Hbond substituents is 1. The second-order valence-corrected chi connectivity index (χ2v) is 6.47. The second kappa shape index (κ2) is 5.27. The Morgan fingerprint density at radius 2 is 2.35 bits per heavy atom. The van der Waals surface area contributed by atoms with Crippen LogP contribution in [0, 0.1) is 5.82 Å². The third-order valence-corrected chi connectivity index (χ3v) is 4.68. The van der Waals surface area contributed by atoms with Crippen molar-refractivity contribution in [3.8, 4) is 5.75 Å². The highest BCUT2D eigenvalue weighted by molar-refractivity contribution is 8.00. The number of hydrogen-bond donors (Lipinski definition) is 2. The number of phenols is 1. The number of halogens is 1. The summed E-state index contributed by atoms with van der Waals surface area (Å²) in [6, 6.07) is 4.53. The minimum absolute atomic E-state index is 0.285. The van der Waals surface area contributed by atoms with Crippen molar-refractivity contribution in [2.24, 2.45) is 0 Å².